The number of fused-ring (bicyclic) bond motifs is 4. The van der Waals surface area contributed by atoms with Crippen LogP contribution in [0.4, 0.5) is 0 Å². The van der Waals surface area contributed by atoms with E-state index in [0.29, 0.717) is 17.8 Å². The van der Waals surface area contributed by atoms with Crippen molar-refractivity contribution in [2.75, 3.05) is 39.4 Å². The fourth-order valence-electron chi connectivity index (χ4n) is 5.92. The molecule has 0 amide bonds. The standard InChI is InChI=1S/C24H30N2O.ClH/c1-3-7-19(8-4-1)21-15-24(26-11-13-27-14-12-26)16-22(23(21)17-25-18-24)20-9-5-2-6-10-20;/h1-10,21-23,25H,11-18H2;1H. The summed E-state index contributed by atoms with van der Waals surface area (Å²) >= 11 is 0. The first-order chi connectivity index (χ1) is 13.4. The topological polar surface area (TPSA) is 24.5 Å². The van der Waals surface area contributed by atoms with Crippen LogP contribution >= 0.6 is 12.4 Å². The maximum absolute atomic E-state index is 5.68. The van der Waals surface area contributed by atoms with Gasteiger partial charge in [-0.3, -0.25) is 4.90 Å². The minimum absolute atomic E-state index is 0. The van der Waals surface area contributed by atoms with Crippen molar-refractivity contribution in [1.29, 1.82) is 0 Å². The Morgan fingerprint density at radius 1 is 0.821 bits per heavy atom. The minimum Gasteiger partial charge on any atom is -0.379 e. The van der Waals surface area contributed by atoms with Crippen LogP contribution in [0, 0.1) is 5.92 Å². The van der Waals surface area contributed by atoms with Gasteiger partial charge in [-0.25, -0.2) is 0 Å². The van der Waals surface area contributed by atoms with Gasteiger partial charge in [-0.15, -0.1) is 12.4 Å². The normalized spacial score (nSPS) is 33.1. The molecule has 3 aliphatic heterocycles. The van der Waals surface area contributed by atoms with Crippen molar-refractivity contribution < 1.29 is 4.74 Å². The maximum atomic E-state index is 5.68. The summed E-state index contributed by atoms with van der Waals surface area (Å²) in [6.45, 7) is 6.10. The molecule has 0 aromatic heterocycles. The average Bonchev–Trinajstić information content (AvgIpc) is 3.07. The average molecular weight is 399 g/mol. The first-order valence-corrected chi connectivity index (χ1v) is 10.5. The number of morpholine rings is 1. The summed E-state index contributed by atoms with van der Waals surface area (Å²) in [5.41, 5.74) is 3.27. The summed E-state index contributed by atoms with van der Waals surface area (Å²) in [6.07, 6.45) is 2.52. The zero-order valence-electron chi connectivity index (χ0n) is 16.4. The third-order valence-electron chi connectivity index (χ3n) is 7.20. The lowest BCUT2D eigenvalue weighted by atomic mass is 9.61. The second-order valence-electron chi connectivity index (χ2n) is 8.56. The molecule has 0 spiro atoms. The Labute approximate surface area is 174 Å². The highest BCUT2D eigenvalue weighted by atomic mass is 35.5. The van der Waals surface area contributed by atoms with Crippen molar-refractivity contribution in [3.63, 3.8) is 0 Å². The van der Waals surface area contributed by atoms with Crippen LogP contribution in [0.5, 0.6) is 0 Å². The molecule has 1 N–H and O–H groups in total. The van der Waals surface area contributed by atoms with E-state index in [0.717, 1.165) is 39.4 Å². The van der Waals surface area contributed by atoms with Gasteiger partial charge in [-0.2, -0.15) is 0 Å². The van der Waals surface area contributed by atoms with Crippen molar-refractivity contribution in [2.24, 2.45) is 5.92 Å². The summed E-state index contributed by atoms with van der Waals surface area (Å²) < 4.78 is 5.68. The van der Waals surface area contributed by atoms with Gasteiger partial charge in [-0.05, 0) is 48.3 Å². The lowest BCUT2D eigenvalue weighted by molar-refractivity contribution is -0.0420. The molecule has 4 fully saturated rings. The van der Waals surface area contributed by atoms with Crippen LogP contribution in [0.15, 0.2) is 60.7 Å². The predicted molar refractivity (Wildman–Crippen MR) is 116 cm³/mol. The molecule has 1 aliphatic carbocycles. The number of nitrogens with zero attached hydrogens (tertiary/aromatic N) is 1. The van der Waals surface area contributed by atoms with Crippen molar-refractivity contribution >= 4 is 12.4 Å². The highest BCUT2D eigenvalue weighted by Gasteiger charge is 2.51. The molecular weight excluding hydrogens is 368 g/mol. The highest BCUT2D eigenvalue weighted by Crippen LogP contribution is 2.53. The van der Waals surface area contributed by atoms with E-state index in [2.05, 4.69) is 70.9 Å². The molecule has 3 heterocycles. The molecule has 150 valence electrons. The van der Waals surface area contributed by atoms with Crippen molar-refractivity contribution in [1.82, 2.24) is 10.2 Å². The van der Waals surface area contributed by atoms with Crippen LogP contribution in [0.1, 0.15) is 35.8 Å². The van der Waals surface area contributed by atoms with E-state index in [-0.39, 0.29) is 17.9 Å². The summed E-state index contributed by atoms with van der Waals surface area (Å²) in [4.78, 5) is 2.75. The van der Waals surface area contributed by atoms with Crippen LogP contribution in [0.3, 0.4) is 0 Å². The van der Waals surface area contributed by atoms with E-state index in [1.807, 2.05) is 0 Å². The number of ether oxygens (including phenoxy) is 1. The Hall–Kier alpha value is -1.39. The Morgan fingerprint density at radius 3 is 1.89 bits per heavy atom. The summed E-state index contributed by atoms with van der Waals surface area (Å²) in [5.74, 6) is 1.89. The second kappa shape index (κ2) is 8.54. The molecule has 28 heavy (non-hydrogen) atoms. The minimum atomic E-state index is 0. The molecule has 2 aromatic carbocycles. The third kappa shape index (κ3) is 3.61. The Kier molecular flexibility index (Phi) is 6.07. The molecule has 4 heteroatoms. The SMILES string of the molecule is Cl.c1ccc(C2CC3(N4CCOCC4)CNCC2C(c2ccccc2)C3)cc1. The van der Waals surface area contributed by atoms with Gasteiger partial charge in [0.15, 0.2) is 0 Å². The van der Waals surface area contributed by atoms with Gasteiger partial charge >= 0.3 is 0 Å². The number of nitrogens with one attached hydrogen (secondary N) is 1. The molecule has 6 rings (SSSR count). The fourth-order valence-corrected chi connectivity index (χ4v) is 5.92. The van der Waals surface area contributed by atoms with Gasteiger partial charge in [0.1, 0.15) is 0 Å². The number of rotatable bonds is 3. The lowest BCUT2D eigenvalue weighted by Gasteiger charge is -2.52. The van der Waals surface area contributed by atoms with Crippen molar-refractivity contribution in [3.05, 3.63) is 71.8 Å². The van der Waals surface area contributed by atoms with Gasteiger partial charge in [0, 0.05) is 25.2 Å². The van der Waals surface area contributed by atoms with Gasteiger partial charge in [0.05, 0.1) is 13.2 Å². The molecule has 0 radical (unpaired) electrons. The Balaban J connectivity index is 0.00000192. The second-order valence-corrected chi connectivity index (χ2v) is 8.56. The molecule has 2 bridgehead atoms. The monoisotopic (exact) mass is 398 g/mol. The van der Waals surface area contributed by atoms with Crippen LogP contribution in [0.25, 0.3) is 0 Å². The van der Waals surface area contributed by atoms with Crippen LogP contribution < -0.4 is 5.32 Å². The molecular formula is C24H31ClN2O. The van der Waals surface area contributed by atoms with E-state index in [1.165, 1.54) is 24.0 Å². The molecule has 3 saturated heterocycles. The van der Waals surface area contributed by atoms with Gasteiger partial charge in [0.2, 0.25) is 0 Å². The maximum Gasteiger partial charge on any atom is 0.0594 e. The lowest BCUT2D eigenvalue weighted by Crippen LogP contribution is -2.59. The number of hydrogen-bond donors (Lipinski definition) is 1. The fraction of sp³-hybridized carbons (Fsp3) is 0.500. The first kappa shape index (κ1) is 19.9. The van der Waals surface area contributed by atoms with Crippen LogP contribution in [-0.4, -0.2) is 49.8 Å². The van der Waals surface area contributed by atoms with E-state index >= 15 is 0 Å². The molecule has 4 aliphatic rings. The molecule has 3 nitrogen and oxygen atoms in total. The molecule has 2 aromatic rings. The van der Waals surface area contributed by atoms with E-state index in [1.54, 1.807) is 0 Å². The predicted octanol–water partition coefficient (Wildman–Crippen LogP) is 4.06. The number of hydrogen-bond acceptors (Lipinski definition) is 3. The summed E-state index contributed by atoms with van der Waals surface area (Å²) in [6, 6.07) is 22.5. The van der Waals surface area contributed by atoms with Gasteiger partial charge in [0.25, 0.3) is 0 Å². The van der Waals surface area contributed by atoms with Crippen LogP contribution in [-0.2, 0) is 4.74 Å². The van der Waals surface area contributed by atoms with E-state index < -0.39 is 0 Å². The molecule has 1 saturated carbocycles. The van der Waals surface area contributed by atoms with Crippen molar-refractivity contribution in [2.45, 2.75) is 30.2 Å². The third-order valence-corrected chi connectivity index (χ3v) is 7.20. The first-order valence-electron chi connectivity index (χ1n) is 10.5. The Morgan fingerprint density at radius 2 is 1.36 bits per heavy atom. The van der Waals surface area contributed by atoms with Gasteiger partial charge < -0.3 is 10.1 Å². The Bertz CT molecular complexity index is 698. The largest absolute Gasteiger partial charge is 0.379 e. The molecule has 2 unspecified atom stereocenters. The number of benzene rings is 2. The van der Waals surface area contributed by atoms with E-state index in [4.69, 9.17) is 4.74 Å². The quantitative estimate of drug-likeness (QED) is 0.843. The zero-order valence-corrected chi connectivity index (χ0v) is 17.2. The summed E-state index contributed by atoms with van der Waals surface area (Å²) in [5, 5.41) is 3.86. The van der Waals surface area contributed by atoms with Crippen LogP contribution in [0.2, 0.25) is 0 Å². The zero-order chi connectivity index (χ0) is 18.1. The highest BCUT2D eigenvalue weighted by molar-refractivity contribution is 5.85. The van der Waals surface area contributed by atoms with Crippen molar-refractivity contribution in [3.8, 4) is 0 Å². The molecule has 2 atom stereocenters. The van der Waals surface area contributed by atoms with Gasteiger partial charge in [-0.1, -0.05) is 60.7 Å². The summed E-state index contributed by atoms with van der Waals surface area (Å²) in [7, 11) is 0. The smallest absolute Gasteiger partial charge is 0.0594 e. The number of halogens is 1. The van der Waals surface area contributed by atoms with E-state index in [9.17, 15) is 0 Å².